The fourth-order valence-electron chi connectivity index (χ4n) is 2.46. The zero-order valence-corrected chi connectivity index (χ0v) is 14.1. The van der Waals surface area contributed by atoms with Crippen LogP contribution in [0, 0.1) is 0 Å². The van der Waals surface area contributed by atoms with E-state index in [1.807, 2.05) is 36.4 Å². The highest BCUT2D eigenvalue weighted by atomic mass is 19.1. The third-order valence-corrected chi connectivity index (χ3v) is 3.75. The van der Waals surface area contributed by atoms with E-state index in [1.54, 1.807) is 54.6 Å². The third-order valence-electron chi connectivity index (χ3n) is 3.75. The Labute approximate surface area is 151 Å². The molecule has 0 spiro atoms. The van der Waals surface area contributed by atoms with Gasteiger partial charge in [0.1, 0.15) is 6.61 Å². The maximum atomic E-state index is 15.7. The molecule has 3 rings (SSSR count). The summed E-state index contributed by atoms with van der Waals surface area (Å²) in [5.41, 5.74) is 1.62. The van der Waals surface area contributed by atoms with Gasteiger partial charge in [-0.3, -0.25) is 5.32 Å². The number of rotatable bonds is 6. The van der Waals surface area contributed by atoms with Gasteiger partial charge in [-0.15, -0.1) is 0 Å². The number of nitrogens with one attached hydrogen (secondary N) is 2. The van der Waals surface area contributed by atoms with E-state index in [1.165, 1.54) is 0 Å². The van der Waals surface area contributed by atoms with E-state index in [2.05, 4.69) is 10.6 Å². The summed E-state index contributed by atoms with van der Waals surface area (Å²) in [5, 5.41) is 5.01. The first-order chi connectivity index (χ1) is 12.7. The summed E-state index contributed by atoms with van der Waals surface area (Å²) in [6.45, 7) is 0.0584. The minimum atomic E-state index is -2.31. The Morgan fingerprint density at radius 2 is 1.38 bits per heavy atom. The lowest BCUT2D eigenvalue weighted by molar-refractivity contribution is 0.0945. The Bertz CT molecular complexity index is 828. The van der Waals surface area contributed by atoms with Crippen molar-refractivity contribution in [3.05, 3.63) is 102 Å². The van der Waals surface area contributed by atoms with Crippen LogP contribution in [0.5, 0.6) is 0 Å². The van der Waals surface area contributed by atoms with Crippen molar-refractivity contribution in [2.75, 3.05) is 5.32 Å². The van der Waals surface area contributed by atoms with Crippen molar-refractivity contribution in [1.29, 1.82) is 0 Å². The molecule has 0 saturated carbocycles. The molecule has 26 heavy (non-hydrogen) atoms. The Balaban J connectivity index is 1.74. The maximum Gasteiger partial charge on any atom is 0.411 e. The molecule has 1 amide bonds. The summed E-state index contributed by atoms with van der Waals surface area (Å²) in [7, 11) is 0. The molecule has 5 heteroatoms. The molecule has 4 nitrogen and oxygen atoms in total. The van der Waals surface area contributed by atoms with Crippen LogP contribution in [0.15, 0.2) is 91.0 Å². The molecule has 0 radical (unpaired) electrons. The molecule has 2 N–H and O–H groups in total. The molecule has 0 aromatic heterocycles. The van der Waals surface area contributed by atoms with Crippen LogP contribution in [0.2, 0.25) is 0 Å². The van der Waals surface area contributed by atoms with Gasteiger partial charge in [-0.2, -0.15) is 4.39 Å². The number of halogens is 1. The molecular formula is C21H19FN2O2. The predicted molar refractivity (Wildman–Crippen MR) is 99.1 cm³/mol. The molecule has 1 atom stereocenters. The van der Waals surface area contributed by atoms with Crippen LogP contribution >= 0.6 is 0 Å². The maximum absolute atomic E-state index is 15.7. The number of carbonyl (C=O) groups is 1. The number of hydrogen-bond acceptors (Lipinski definition) is 3. The first kappa shape index (κ1) is 17.5. The van der Waals surface area contributed by atoms with Crippen LogP contribution in [0.25, 0.3) is 0 Å². The van der Waals surface area contributed by atoms with Gasteiger partial charge in [0.25, 0.3) is 5.92 Å². The Morgan fingerprint density at radius 3 is 2.00 bits per heavy atom. The smallest absolute Gasteiger partial charge is 0.411 e. The number of benzene rings is 3. The minimum Gasteiger partial charge on any atom is -0.445 e. The van der Waals surface area contributed by atoms with Crippen molar-refractivity contribution in [3.8, 4) is 0 Å². The minimum absolute atomic E-state index is 0.0584. The monoisotopic (exact) mass is 350 g/mol. The molecule has 0 aliphatic carbocycles. The number of alkyl carbamates (subject to hydrolysis) is 1. The van der Waals surface area contributed by atoms with Gasteiger partial charge >= 0.3 is 6.09 Å². The molecule has 3 aromatic carbocycles. The normalized spacial score (nSPS) is 12.7. The van der Waals surface area contributed by atoms with Gasteiger partial charge in [0.2, 0.25) is 0 Å². The van der Waals surface area contributed by atoms with Crippen LogP contribution in [0.1, 0.15) is 11.1 Å². The Morgan fingerprint density at radius 1 is 0.846 bits per heavy atom. The summed E-state index contributed by atoms with van der Waals surface area (Å²) >= 11 is 0. The molecule has 0 heterocycles. The molecule has 132 valence electrons. The van der Waals surface area contributed by atoms with Crippen LogP contribution in [-0.4, -0.2) is 6.09 Å². The quantitative estimate of drug-likeness (QED) is 0.496. The number of amides is 1. The SMILES string of the molecule is O=C(N[C@@](F)(Nc1ccccc1)c1ccccc1)OCc1ccccc1. The second-order valence-corrected chi connectivity index (χ2v) is 5.70. The Hall–Kier alpha value is -3.34. The first-order valence-corrected chi connectivity index (χ1v) is 8.22. The van der Waals surface area contributed by atoms with Crippen molar-refractivity contribution < 1.29 is 13.9 Å². The van der Waals surface area contributed by atoms with E-state index >= 15 is 4.39 Å². The highest BCUT2D eigenvalue weighted by Gasteiger charge is 2.34. The van der Waals surface area contributed by atoms with Crippen LogP contribution in [0.4, 0.5) is 14.9 Å². The molecule has 0 aliphatic heterocycles. The second kappa shape index (κ2) is 8.16. The summed E-state index contributed by atoms with van der Waals surface area (Å²) in [6.07, 6.45) is -0.858. The molecule has 0 saturated heterocycles. The van der Waals surface area contributed by atoms with Crippen LogP contribution in [0.3, 0.4) is 0 Å². The lowest BCUT2D eigenvalue weighted by Crippen LogP contribution is -2.48. The largest absolute Gasteiger partial charge is 0.445 e. The van der Waals surface area contributed by atoms with E-state index in [0.29, 0.717) is 5.69 Å². The average Bonchev–Trinajstić information content (AvgIpc) is 2.68. The second-order valence-electron chi connectivity index (χ2n) is 5.70. The van der Waals surface area contributed by atoms with Crippen LogP contribution in [-0.2, 0) is 17.3 Å². The van der Waals surface area contributed by atoms with Crippen molar-refractivity contribution >= 4 is 11.8 Å². The number of alkyl halides is 1. The van der Waals surface area contributed by atoms with Crippen molar-refractivity contribution in [3.63, 3.8) is 0 Å². The third kappa shape index (κ3) is 4.60. The molecule has 0 unspecified atom stereocenters. The lowest BCUT2D eigenvalue weighted by Gasteiger charge is -2.28. The average molecular weight is 350 g/mol. The predicted octanol–water partition coefficient (Wildman–Crippen LogP) is 4.80. The molecule has 0 fully saturated rings. The van der Waals surface area contributed by atoms with Crippen molar-refractivity contribution in [2.45, 2.75) is 12.5 Å². The summed E-state index contributed by atoms with van der Waals surface area (Å²) in [6, 6.07) is 26.4. The fraction of sp³-hybridized carbons (Fsp3) is 0.0952. The zero-order chi connectivity index (χ0) is 18.2. The number of carbonyl (C=O) groups excluding carboxylic acids is 1. The summed E-state index contributed by atoms with van der Waals surface area (Å²) in [5.74, 6) is -2.31. The zero-order valence-electron chi connectivity index (χ0n) is 14.1. The fourth-order valence-corrected chi connectivity index (χ4v) is 2.46. The number of anilines is 1. The summed E-state index contributed by atoms with van der Waals surface area (Å²) in [4.78, 5) is 12.2. The highest BCUT2D eigenvalue weighted by Crippen LogP contribution is 2.25. The summed E-state index contributed by atoms with van der Waals surface area (Å²) < 4.78 is 20.8. The van der Waals surface area contributed by atoms with Gasteiger partial charge in [0.05, 0.1) is 0 Å². The number of para-hydroxylation sites is 1. The van der Waals surface area contributed by atoms with Gasteiger partial charge < -0.3 is 10.1 Å². The first-order valence-electron chi connectivity index (χ1n) is 8.22. The van der Waals surface area contributed by atoms with Gasteiger partial charge in [-0.1, -0.05) is 78.9 Å². The van der Waals surface area contributed by atoms with Gasteiger partial charge in [0, 0.05) is 11.3 Å². The Kier molecular flexibility index (Phi) is 5.49. The van der Waals surface area contributed by atoms with E-state index in [4.69, 9.17) is 4.74 Å². The molecule has 0 aliphatic rings. The molecule has 0 bridgehead atoms. The standard InChI is InChI=1S/C21H19FN2O2/c22-21(18-12-6-2-7-13-18,23-19-14-8-3-9-15-19)24-20(25)26-16-17-10-4-1-5-11-17/h1-15,23H,16H2,(H,24,25)/t21-/m0/s1. The topological polar surface area (TPSA) is 50.4 Å². The lowest BCUT2D eigenvalue weighted by atomic mass is 10.1. The van der Waals surface area contributed by atoms with E-state index < -0.39 is 12.0 Å². The van der Waals surface area contributed by atoms with Gasteiger partial charge in [-0.05, 0) is 17.7 Å². The van der Waals surface area contributed by atoms with Crippen molar-refractivity contribution in [1.82, 2.24) is 5.32 Å². The van der Waals surface area contributed by atoms with Gasteiger partial charge in [-0.25, -0.2) is 4.79 Å². The van der Waals surface area contributed by atoms with Crippen LogP contribution < -0.4 is 10.6 Å². The van der Waals surface area contributed by atoms with Crippen molar-refractivity contribution in [2.24, 2.45) is 0 Å². The number of ether oxygens (including phenoxy) is 1. The van der Waals surface area contributed by atoms with E-state index in [-0.39, 0.29) is 12.2 Å². The molecule has 3 aromatic rings. The number of hydrogen-bond donors (Lipinski definition) is 2. The van der Waals surface area contributed by atoms with E-state index in [0.717, 1.165) is 5.56 Å². The van der Waals surface area contributed by atoms with E-state index in [9.17, 15) is 4.79 Å². The molecular weight excluding hydrogens is 331 g/mol. The highest BCUT2D eigenvalue weighted by molar-refractivity contribution is 5.69. The van der Waals surface area contributed by atoms with Gasteiger partial charge in [0.15, 0.2) is 0 Å².